The van der Waals surface area contributed by atoms with Crippen molar-refractivity contribution in [3.63, 3.8) is 0 Å². The Morgan fingerprint density at radius 1 is 1.03 bits per heavy atom. The molecule has 4 rings (SSSR count). The number of methoxy groups -OCH3 is 3. The van der Waals surface area contributed by atoms with Crippen LogP contribution in [-0.2, 0) is 14.3 Å². The third-order valence-electron chi connectivity index (χ3n) is 5.43. The lowest BCUT2D eigenvalue weighted by atomic mass is 10.1. The van der Waals surface area contributed by atoms with Crippen LogP contribution < -0.4 is 19.5 Å². The van der Waals surface area contributed by atoms with E-state index in [1.165, 1.54) is 19.1 Å². The summed E-state index contributed by atoms with van der Waals surface area (Å²) in [5, 5.41) is 2.81. The van der Waals surface area contributed by atoms with Gasteiger partial charge in [0.2, 0.25) is 18.0 Å². The first kappa shape index (κ1) is 20.5. The molecule has 2 amide bonds. The summed E-state index contributed by atoms with van der Waals surface area (Å²) in [4.78, 5) is 39.6. The fraction of sp³-hybridized carbons (Fsp3) is 0.318. The Balaban J connectivity index is 1.62. The van der Waals surface area contributed by atoms with Crippen molar-refractivity contribution in [2.45, 2.75) is 25.1 Å². The second-order valence-electron chi connectivity index (χ2n) is 7.10. The first-order chi connectivity index (χ1) is 15.0. The van der Waals surface area contributed by atoms with Crippen LogP contribution in [0.15, 0.2) is 36.4 Å². The van der Waals surface area contributed by atoms with Crippen molar-refractivity contribution in [2.24, 2.45) is 0 Å². The summed E-state index contributed by atoms with van der Waals surface area (Å²) in [6.45, 7) is 0. The molecule has 1 saturated heterocycles. The number of esters is 1. The van der Waals surface area contributed by atoms with E-state index in [1.54, 1.807) is 43.5 Å². The van der Waals surface area contributed by atoms with Gasteiger partial charge in [-0.05, 0) is 42.8 Å². The minimum atomic E-state index is -1.01. The molecule has 0 aromatic heterocycles. The second-order valence-corrected chi connectivity index (χ2v) is 7.10. The number of cyclic esters (lactones) is 1. The molecule has 1 fully saturated rings. The van der Waals surface area contributed by atoms with E-state index >= 15 is 0 Å². The van der Waals surface area contributed by atoms with Crippen molar-refractivity contribution in [3.05, 3.63) is 47.5 Å². The first-order valence-electron chi connectivity index (χ1n) is 9.70. The van der Waals surface area contributed by atoms with E-state index in [0.717, 1.165) is 0 Å². The summed E-state index contributed by atoms with van der Waals surface area (Å²) in [6.07, 6.45) is -0.515. The molecule has 2 aromatic carbocycles. The number of anilines is 1. The number of ether oxygens (including phenoxy) is 4. The molecule has 0 saturated carbocycles. The van der Waals surface area contributed by atoms with Crippen molar-refractivity contribution in [3.8, 4) is 17.2 Å². The first-order valence-corrected chi connectivity index (χ1v) is 9.70. The summed E-state index contributed by atoms with van der Waals surface area (Å²) in [5.74, 6) is 0.00867. The summed E-state index contributed by atoms with van der Waals surface area (Å²) in [7, 11) is 4.44. The van der Waals surface area contributed by atoms with Gasteiger partial charge in [0.15, 0.2) is 11.5 Å². The van der Waals surface area contributed by atoms with E-state index in [-0.39, 0.29) is 29.5 Å². The fourth-order valence-corrected chi connectivity index (χ4v) is 3.94. The molecule has 9 heteroatoms. The molecule has 162 valence electrons. The maximum absolute atomic E-state index is 13.0. The lowest BCUT2D eigenvalue weighted by Crippen LogP contribution is -2.43. The van der Waals surface area contributed by atoms with Crippen molar-refractivity contribution in [1.29, 1.82) is 0 Å². The minimum Gasteiger partial charge on any atom is -0.497 e. The van der Waals surface area contributed by atoms with Crippen LogP contribution in [-0.4, -0.2) is 50.1 Å². The van der Waals surface area contributed by atoms with Crippen LogP contribution in [0.1, 0.15) is 35.0 Å². The van der Waals surface area contributed by atoms with Crippen LogP contribution in [0.5, 0.6) is 17.2 Å². The van der Waals surface area contributed by atoms with E-state index in [4.69, 9.17) is 18.9 Å². The molecule has 0 spiro atoms. The zero-order valence-corrected chi connectivity index (χ0v) is 17.3. The maximum Gasteiger partial charge on any atom is 0.344 e. The number of nitrogens with one attached hydrogen (secondary N) is 1. The van der Waals surface area contributed by atoms with Gasteiger partial charge in [0, 0.05) is 17.7 Å². The van der Waals surface area contributed by atoms with Crippen molar-refractivity contribution >= 4 is 23.5 Å². The van der Waals surface area contributed by atoms with E-state index in [9.17, 15) is 14.4 Å². The highest BCUT2D eigenvalue weighted by atomic mass is 16.6. The van der Waals surface area contributed by atoms with Crippen LogP contribution in [0.3, 0.4) is 0 Å². The van der Waals surface area contributed by atoms with Crippen LogP contribution >= 0.6 is 0 Å². The van der Waals surface area contributed by atoms with Crippen molar-refractivity contribution < 1.29 is 33.3 Å². The Morgan fingerprint density at radius 3 is 2.42 bits per heavy atom. The number of rotatable bonds is 6. The summed E-state index contributed by atoms with van der Waals surface area (Å²) < 4.78 is 21.2. The highest BCUT2D eigenvalue weighted by Crippen LogP contribution is 2.45. The zero-order valence-electron chi connectivity index (χ0n) is 17.3. The number of nitrogens with zero attached hydrogens (tertiary/aromatic N) is 1. The minimum absolute atomic E-state index is 0.178. The molecule has 0 unspecified atom stereocenters. The SMILES string of the molecule is COc1ccc(NC(=O)[C@@H]2CCC(=O)N2[C@H]2OC(=O)c3c2ccc(OC)c3OC)cc1. The van der Waals surface area contributed by atoms with E-state index in [1.807, 2.05) is 0 Å². The monoisotopic (exact) mass is 426 g/mol. The van der Waals surface area contributed by atoms with Crippen molar-refractivity contribution in [2.75, 3.05) is 26.6 Å². The quantitative estimate of drug-likeness (QED) is 0.708. The smallest absolute Gasteiger partial charge is 0.344 e. The molecule has 31 heavy (non-hydrogen) atoms. The standard InChI is InChI=1S/C22H22N2O7/c1-28-13-6-4-12(5-7-13)23-20(26)15-9-11-17(25)24(15)21-14-8-10-16(29-2)19(30-3)18(14)22(27)31-21/h4-8,10,15,21H,9,11H2,1-3H3,(H,23,26)/t15-,21-/m0/s1. The Bertz CT molecular complexity index is 1030. The van der Waals surface area contributed by atoms with Gasteiger partial charge in [0.1, 0.15) is 17.4 Å². The highest BCUT2D eigenvalue weighted by molar-refractivity contribution is 6.01. The Hall–Kier alpha value is -3.75. The summed E-state index contributed by atoms with van der Waals surface area (Å²) >= 11 is 0. The van der Waals surface area contributed by atoms with Gasteiger partial charge in [-0.15, -0.1) is 0 Å². The molecule has 2 aliphatic rings. The number of carbonyl (C=O) groups is 3. The molecule has 0 radical (unpaired) electrons. The fourth-order valence-electron chi connectivity index (χ4n) is 3.94. The molecule has 2 aliphatic heterocycles. The van der Waals surface area contributed by atoms with Crippen LogP contribution in [0.25, 0.3) is 0 Å². The van der Waals surface area contributed by atoms with Gasteiger partial charge >= 0.3 is 5.97 Å². The number of hydrogen-bond acceptors (Lipinski definition) is 7. The molecular formula is C22H22N2O7. The van der Waals surface area contributed by atoms with Gasteiger partial charge in [-0.3, -0.25) is 14.5 Å². The Morgan fingerprint density at radius 2 is 1.77 bits per heavy atom. The van der Waals surface area contributed by atoms with Crippen LogP contribution in [0.2, 0.25) is 0 Å². The van der Waals surface area contributed by atoms with Gasteiger partial charge in [0.25, 0.3) is 0 Å². The molecule has 2 heterocycles. The van der Waals surface area contributed by atoms with E-state index in [0.29, 0.717) is 29.2 Å². The predicted octanol–water partition coefficient (Wildman–Crippen LogP) is 2.51. The zero-order chi connectivity index (χ0) is 22.1. The normalized spacial score (nSPS) is 19.6. The van der Waals surface area contributed by atoms with Gasteiger partial charge < -0.3 is 24.3 Å². The molecule has 9 nitrogen and oxygen atoms in total. The maximum atomic E-state index is 13.0. The van der Waals surface area contributed by atoms with Gasteiger partial charge in [-0.2, -0.15) is 0 Å². The number of benzene rings is 2. The number of fused-ring (bicyclic) bond motifs is 1. The van der Waals surface area contributed by atoms with Crippen LogP contribution in [0, 0.1) is 0 Å². The van der Waals surface area contributed by atoms with Crippen molar-refractivity contribution in [1.82, 2.24) is 4.90 Å². The number of likely N-dealkylation sites (tertiary alicyclic amines) is 1. The largest absolute Gasteiger partial charge is 0.497 e. The van der Waals surface area contributed by atoms with Gasteiger partial charge in [0.05, 0.1) is 21.3 Å². The molecule has 2 aromatic rings. The summed E-state index contributed by atoms with van der Waals surface area (Å²) in [6, 6.07) is 9.37. The van der Waals surface area contributed by atoms with E-state index in [2.05, 4.69) is 5.32 Å². The number of hydrogen-bond donors (Lipinski definition) is 1. The van der Waals surface area contributed by atoms with E-state index < -0.39 is 18.2 Å². The molecule has 0 bridgehead atoms. The molecule has 1 N–H and O–H groups in total. The average molecular weight is 426 g/mol. The Kier molecular flexibility index (Phi) is 5.41. The van der Waals surface area contributed by atoms with Gasteiger partial charge in [-0.25, -0.2) is 4.79 Å². The molecule has 2 atom stereocenters. The Labute approximate surface area is 178 Å². The predicted molar refractivity (Wildman–Crippen MR) is 109 cm³/mol. The van der Waals surface area contributed by atoms with Gasteiger partial charge in [-0.1, -0.05) is 0 Å². The highest BCUT2D eigenvalue weighted by Gasteiger charge is 2.47. The lowest BCUT2D eigenvalue weighted by Gasteiger charge is -2.29. The second kappa shape index (κ2) is 8.17. The third kappa shape index (κ3) is 3.52. The average Bonchev–Trinajstić information content (AvgIpc) is 3.33. The number of carbonyl (C=O) groups excluding carboxylic acids is 3. The number of amides is 2. The third-order valence-corrected chi connectivity index (χ3v) is 5.43. The molecule has 0 aliphatic carbocycles. The topological polar surface area (TPSA) is 103 Å². The van der Waals surface area contributed by atoms with Crippen LogP contribution in [0.4, 0.5) is 5.69 Å². The summed E-state index contributed by atoms with van der Waals surface area (Å²) in [5.41, 5.74) is 1.22. The lowest BCUT2D eigenvalue weighted by molar-refractivity contribution is -0.144. The molecular weight excluding hydrogens is 404 g/mol.